The van der Waals surface area contributed by atoms with Crippen molar-refractivity contribution in [1.82, 2.24) is 0 Å². The number of carbonyl (C=O) groups is 1. The molecule has 2 rings (SSSR count). The molecule has 1 aromatic rings. The molecule has 1 aromatic carbocycles. The molecule has 1 N–H and O–H groups in total. The number of nitrogens with zero attached hydrogens (tertiary/aromatic N) is 2. The predicted molar refractivity (Wildman–Crippen MR) is 61.4 cm³/mol. The van der Waals surface area contributed by atoms with Gasteiger partial charge in [-0.25, -0.2) is 0 Å². The maximum absolute atomic E-state index is 11.3. The van der Waals surface area contributed by atoms with Gasteiger partial charge >= 0.3 is 0 Å². The van der Waals surface area contributed by atoms with Crippen LogP contribution >= 0.6 is 0 Å². The van der Waals surface area contributed by atoms with Crippen LogP contribution in [0.5, 0.6) is 0 Å². The van der Waals surface area contributed by atoms with Crippen molar-refractivity contribution in [3.8, 4) is 0 Å². The van der Waals surface area contributed by atoms with Crippen molar-refractivity contribution >= 4 is 34.3 Å². The lowest BCUT2D eigenvalue weighted by atomic mass is 10.2. The minimum absolute atomic E-state index is 0.155. The molecule has 0 aromatic heterocycles. The summed E-state index contributed by atoms with van der Waals surface area (Å²) in [5.41, 5.74) is 2.24. The molecule has 0 saturated heterocycles. The average molecular weight is 219 g/mol. The smallest absolute Gasteiger partial charge is 0.248 e. The van der Waals surface area contributed by atoms with Crippen molar-refractivity contribution in [1.29, 1.82) is 0 Å². The largest absolute Gasteiger partial charge is 0.321 e. The molecule has 0 bridgehead atoms. The van der Waals surface area contributed by atoms with Crippen LogP contribution in [0.3, 0.4) is 0 Å². The van der Waals surface area contributed by atoms with Crippen molar-refractivity contribution in [3.63, 3.8) is 0 Å². The van der Waals surface area contributed by atoms with E-state index in [-0.39, 0.29) is 5.91 Å². The van der Waals surface area contributed by atoms with E-state index in [4.69, 9.17) is 0 Å². The number of nitrogens with one attached hydrogen (secondary N) is 1. The van der Waals surface area contributed by atoms with Crippen molar-refractivity contribution in [3.05, 3.63) is 30.4 Å². The molecule has 5 heteroatoms. The van der Waals surface area contributed by atoms with Gasteiger partial charge in [0, 0.05) is 0 Å². The number of anilines is 1. The quantitative estimate of drug-likeness (QED) is 0.776. The summed E-state index contributed by atoms with van der Waals surface area (Å²) in [7, 11) is 0. The molecule has 0 saturated carbocycles. The van der Waals surface area contributed by atoms with Gasteiger partial charge in [0.15, 0.2) is 0 Å². The second kappa shape index (κ2) is 4.18. The standard InChI is InChI=1S/C10H9N3OS/c1-2-4-9(14)11-7-5-3-6-8-10(7)13-15-12-8/h2-6H,1H3,(H,11,14). The molecule has 15 heavy (non-hydrogen) atoms. The highest BCUT2D eigenvalue weighted by Gasteiger charge is 2.10. The molecule has 0 unspecified atom stereocenters. The van der Waals surface area contributed by atoms with Gasteiger partial charge in [-0.2, -0.15) is 8.73 Å². The molecule has 4 nitrogen and oxygen atoms in total. The average Bonchev–Trinajstić information content (AvgIpc) is 2.67. The molecule has 76 valence electrons. The zero-order valence-corrected chi connectivity index (χ0v) is 8.91. The summed E-state index contributed by atoms with van der Waals surface area (Å²) in [6.07, 6.45) is 3.16. The topological polar surface area (TPSA) is 53.8 Å². The Labute approximate surface area is 90.9 Å². The third-order valence-electron chi connectivity index (χ3n) is 1.86. The molecule has 1 aliphatic heterocycles. The predicted octanol–water partition coefficient (Wildman–Crippen LogP) is 2.93. The van der Waals surface area contributed by atoms with E-state index in [1.165, 1.54) is 6.08 Å². The van der Waals surface area contributed by atoms with E-state index in [1.807, 2.05) is 18.2 Å². The van der Waals surface area contributed by atoms with E-state index in [0.717, 1.165) is 22.7 Å². The molecule has 0 radical (unpaired) electrons. The summed E-state index contributed by atoms with van der Waals surface area (Å²) in [5, 5.41) is 2.75. The maximum atomic E-state index is 11.3. The van der Waals surface area contributed by atoms with Crippen LogP contribution in [0, 0.1) is 0 Å². The second-order valence-corrected chi connectivity index (χ2v) is 3.46. The fourth-order valence-corrected chi connectivity index (χ4v) is 1.78. The highest BCUT2D eigenvalue weighted by Crippen LogP contribution is 2.38. The van der Waals surface area contributed by atoms with Crippen LogP contribution in [-0.4, -0.2) is 5.91 Å². The molecular weight excluding hydrogens is 210 g/mol. The van der Waals surface area contributed by atoms with Crippen molar-refractivity contribution in [2.75, 3.05) is 5.32 Å². The fourth-order valence-electron chi connectivity index (χ4n) is 1.23. The second-order valence-electron chi connectivity index (χ2n) is 2.93. The van der Waals surface area contributed by atoms with Crippen molar-refractivity contribution in [2.24, 2.45) is 8.73 Å². The number of benzene rings is 1. The maximum Gasteiger partial charge on any atom is 0.248 e. The lowest BCUT2D eigenvalue weighted by Gasteiger charge is -2.04. The number of rotatable bonds is 2. The van der Waals surface area contributed by atoms with Crippen molar-refractivity contribution in [2.45, 2.75) is 6.92 Å². The number of fused-ring (bicyclic) bond motifs is 1. The Kier molecular flexibility index (Phi) is 2.73. The van der Waals surface area contributed by atoms with Gasteiger partial charge in [-0.3, -0.25) is 4.79 Å². The van der Waals surface area contributed by atoms with Gasteiger partial charge in [-0.1, -0.05) is 12.1 Å². The summed E-state index contributed by atoms with van der Waals surface area (Å²) in [5.74, 6) is -0.155. The Morgan fingerprint density at radius 1 is 1.47 bits per heavy atom. The Bertz CT molecular complexity index is 501. The normalized spacial score (nSPS) is 12.6. The van der Waals surface area contributed by atoms with E-state index in [0.29, 0.717) is 5.69 Å². The lowest BCUT2D eigenvalue weighted by molar-refractivity contribution is -0.111. The van der Waals surface area contributed by atoms with Gasteiger partial charge in [0.05, 0.1) is 17.0 Å². The SMILES string of the molecule is CC=CC(=O)Nc1cccc2c1N=S=N2. The first kappa shape index (κ1) is 9.79. The Hall–Kier alpha value is -1.75. The summed E-state index contributed by atoms with van der Waals surface area (Å²) in [6, 6.07) is 5.52. The summed E-state index contributed by atoms with van der Waals surface area (Å²) >= 11 is 1.14. The van der Waals surface area contributed by atoms with Crippen molar-refractivity contribution < 1.29 is 4.79 Å². The van der Waals surface area contributed by atoms with Crippen LogP contribution in [-0.2, 0) is 16.1 Å². The van der Waals surface area contributed by atoms with Crippen LogP contribution in [0.1, 0.15) is 6.92 Å². The number of hydrogen-bond acceptors (Lipinski definition) is 3. The molecule has 0 spiro atoms. The Balaban J connectivity index is 2.27. The summed E-state index contributed by atoms with van der Waals surface area (Å²) in [4.78, 5) is 11.3. The summed E-state index contributed by atoms with van der Waals surface area (Å²) < 4.78 is 8.22. The molecule has 1 heterocycles. The summed E-state index contributed by atoms with van der Waals surface area (Å²) in [6.45, 7) is 1.80. The minimum Gasteiger partial charge on any atom is -0.321 e. The monoisotopic (exact) mass is 219 g/mol. The molecule has 0 fully saturated rings. The van der Waals surface area contributed by atoms with Gasteiger partial charge in [0.2, 0.25) is 5.91 Å². The van der Waals surface area contributed by atoms with Crippen LogP contribution in [0.15, 0.2) is 39.1 Å². The number of hydrogen-bond donors (Lipinski definition) is 1. The number of allylic oxidation sites excluding steroid dienone is 1. The van der Waals surface area contributed by atoms with Gasteiger partial charge in [-0.05, 0) is 25.1 Å². The van der Waals surface area contributed by atoms with Gasteiger partial charge in [0.1, 0.15) is 11.4 Å². The van der Waals surface area contributed by atoms with Gasteiger partial charge < -0.3 is 5.32 Å². The fraction of sp³-hybridized carbons (Fsp3) is 0.100. The zero-order valence-electron chi connectivity index (χ0n) is 8.10. The van der Waals surface area contributed by atoms with Gasteiger partial charge in [-0.15, -0.1) is 0 Å². The van der Waals surface area contributed by atoms with Crippen LogP contribution in [0.25, 0.3) is 0 Å². The Morgan fingerprint density at radius 3 is 3.13 bits per heavy atom. The molecule has 1 amide bonds. The van der Waals surface area contributed by atoms with Crippen LogP contribution in [0.4, 0.5) is 17.1 Å². The zero-order chi connectivity index (χ0) is 10.7. The third-order valence-corrected chi connectivity index (χ3v) is 2.40. The lowest BCUT2D eigenvalue weighted by Crippen LogP contribution is -2.07. The number of carbonyl (C=O) groups excluding carboxylic acids is 1. The first-order valence-corrected chi connectivity index (χ1v) is 5.19. The van der Waals surface area contributed by atoms with Crippen LogP contribution < -0.4 is 5.32 Å². The number of amides is 1. The molecule has 1 aliphatic rings. The molecule has 0 atom stereocenters. The Morgan fingerprint density at radius 2 is 2.33 bits per heavy atom. The van der Waals surface area contributed by atoms with E-state index in [1.54, 1.807) is 13.0 Å². The first-order chi connectivity index (χ1) is 7.31. The first-order valence-electron chi connectivity index (χ1n) is 4.46. The van der Waals surface area contributed by atoms with E-state index in [2.05, 4.69) is 14.0 Å². The van der Waals surface area contributed by atoms with E-state index in [9.17, 15) is 4.79 Å². The van der Waals surface area contributed by atoms with E-state index < -0.39 is 0 Å². The van der Waals surface area contributed by atoms with Gasteiger partial charge in [0.25, 0.3) is 0 Å². The highest BCUT2D eigenvalue weighted by atomic mass is 32.1. The molecular formula is C10H9N3OS. The third kappa shape index (κ3) is 2.02. The minimum atomic E-state index is -0.155. The highest BCUT2D eigenvalue weighted by molar-refractivity contribution is 7.58. The van der Waals surface area contributed by atoms with Crippen LogP contribution in [0.2, 0.25) is 0 Å². The van der Waals surface area contributed by atoms with E-state index >= 15 is 0 Å². The molecule has 0 aliphatic carbocycles.